The number of nitro benzene ring substituents is 1. The van der Waals surface area contributed by atoms with E-state index in [1.54, 1.807) is 0 Å². The summed E-state index contributed by atoms with van der Waals surface area (Å²) in [5.41, 5.74) is 4.67. The first-order valence-corrected chi connectivity index (χ1v) is 5.92. The van der Waals surface area contributed by atoms with Gasteiger partial charge in [0.2, 0.25) is 5.75 Å². The van der Waals surface area contributed by atoms with E-state index in [0.717, 1.165) is 0 Å². The molecule has 1 aliphatic rings. The highest BCUT2D eigenvalue weighted by Crippen LogP contribution is 2.50. The highest BCUT2D eigenvalue weighted by molar-refractivity contribution is 6.46. The number of carbonyl (C=O) groups excluding carboxylic acids is 1. The molecule has 9 heteroatoms. The van der Waals surface area contributed by atoms with Crippen LogP contribution in [0.3, 0.4) is 0 Å². The maximum Gasteiger partial charge on any atom is 0.334 e. The van der Waals surface area contributed by atoms with Gasteiger partial charge in [-0.05, 0) is 0 Å². The lowest BCUT2D eigenvalue weighted by Gasteiger charge is -2.21. The maximum absolute atomic E-state index is 11.8. The summed E-state index contributed by atoms with van der Waals surface area (Å²) >= 11 is 11.7. The molecule has 0 fully saturated rings. The third-order valence-corrected chi connectivity index (χ3v) is 3.33. The predicted molar refractivity (Wildman–Crippen MR) is 67.5 cm³/mol. The first kappa shape index (κ1) is 13.9. The minimum Gasteiger partial charge on any atom is -0.485 e. The number of halogens is 2. The Morgan fingerprint density at radius 1 is 1.26 bits per heavy atom. The van der Waals surface area contributed by atoms with E-state index < -0.39 is 16.4 Å². The van der Waals surface area contributed by atoms with E-state index in [-0.39, 0.29) is 46.9 Å². The topological polar surface area (TPSA) is 105 Å². The Labute approximate surface area is 117 Å². The third kappa shape index (κ3) is 2.20. The average molecular weight is 307 g/mol. The first-order valence-electron chi connectivity index (χ1n) is 5.17. The zero-order chi connectivity index (χ0) is 14.2. The lowest BCUT2D eigenvalue weighted by molar-refractivity contribution is -0.386. The fourth-order valence-corrected chi connectivity index (χ4v) is 2.24. The molecule has 2 N–H and O–H groups in total. The largest absolute Gasteiger partial charge is 0.485 e. The molecular weight excluding hydrogens is 299 g/mol. The number of hydrogen-bond acceptors (Lipinski definition) is 6. The van der Waals surface area contributed by atoms with Gasteiger partial charge in [0.05, 0.1) is 22.1 Å². The Hall–Kier alpha value is -1.57. The Kier molecular flexibility index (Phi) is 3.79. The smallest absolute Gasteiger partial charge is 0.334 e. The van der Waals surface area contributed by atoms with Crippen molar-refractivity contribution in [3.63, 3.8) is 0 Å². The van der Waals surface area contributed by atoms with Gasteiger partial charge in [-0.2, -0.15) is 0 Å². The summed E-state index contributed by atoms with van der Waals surface area (Å²) in [5, 5.41) is 10.4. The van der Waals surface area contributed by atoms with Crippen LogP contribution in [0.5, 0.6) is 11.5 Å². The number of nitro groups is 1. The van der Waals surface area contributed by atoms with Crippen LogP contribution in [0.2, 0.25) is 10.0 Å². The van der Waals surface area contributed by atoms with Gasteiger partial charge in [0.1, 0.15) is 18.2 Å². The number of rotatable bonds is 3. The standard InChI is InChI=1S/C10H8Cl2N2O5/c11-6-5(4(15)3-13)9-10(19-2-1-18-9)8(7(6)12)14(16)17/h1-3,13H2. The molecule has 1 aliphatic heterocycles. The number of hydrogen-bond donors (Lipinski definition) is 1. The van der Waals surface area contributed by atoms with Gasteiger partial charge in [-0.25, -0.2) is 0 Å². The van der Waals surface area contributed by atoms with Crippen molar-refractivity contribution < 1.29 is 19.2 Å². The Morgan fingerprint density at radius 3 is 2.37 bits per heavy atom. The number of nitrogens with zero attached hydrogens (tertiary/aromatic N) is 1. The second-order valence-electron chi connectivity index (χ2n) is 3.59. The Bertz CT molecular complexity index is 576. The molecule has 19 heavy (non-hydrogen) atoms. The van der Waals surface area contributed by atoms with E-state index in [4.69, 9.17) is 38.4 Å². The summed E-state index contributed by atoms with van der Waals surface area (Å²) in [6.07, 6.45) is 0. The summed E-state index contributed by atoms with van der Waals surface area (Å²) in [4.78, 5) is 22.0. The molecule has 0 aromatic heterocycles. The van der Waals surface area contributed by atoms with Crippen LogP contribution in [-0.4, -0.2) is 30.5 Å². The van der Waals surface area contributed by atoms with E-state index >= 15 is 0 Å². The minimum atomic E-state index is -0.738. The van der Waals surface area contributed by atoms with E-state index in [9.17, 15) is 14.9 Å². The van der Waals surface area contributed by atoms with Crippen LogP contribution in [-0.2, 0) is 0 Å². The SMILES string of the molecule is NCC(=O)c1c(Cl)c(Cl)c([N+](=O)[O-])c2c1OCCO2. The summed E-state index contributed by atoms with van der Waals surface area (Å²) in [7, 11) is 0. The quantitative estimate of drug-likeness (QED) is 0.519. The Morgan fingerprint density at radius 2 is 1.84 bits per heavy atom. The van der Waals surface area contributed by atoms with Crippen LogP contribution in [0.4, 0.5) is 5.69 Å². The van der Waals surface area contributed by atoms with Crippen LogP contribution >= 0.6 is 23.2 Å². The van der Waals surface area contributed by atoms with Gasteiger partial charge < -0.3 is 15.2 Å². The molecule has 1 heterocycles. The molecule has 2 rings (SSSR count). The normalized spacial score (nSPS) is 13.2. The van der Waals surface area contributed by atoms with Gasteiger partial charge in [-0.15, -0.1) is 0 Å². The average Bonchev–Trinajstić information content (AvgIpc) is 2.39. The van der Waals surface area contributed by atoms with E-state index in [1.165, 1.54) is 0 Å². The summed E-state index contributed by atoms with van der Waals surface area (Å²) < 4.78 is 10.4. The van der Waals surface area contributed by atoms with Crippen LogP contribution in [0, 0.1) is 10.1 Å². The third-order valence-electron chi connectivity index (χ3n) is 2.49. The van der Waals surface area contributed by atoms with Crippen molar-refractivity contribution in [1.29, 1.82) is 0 Å². The summed E-state index contributed by atoms with van der Waals surface area (Å²) in [5.74, 6) is -0.811. The van der Waals surface area contributed by atoms with Gasteiger partial charge in [0.25, 0.3) is 0 Å². The lowest BCUT2D eigenvalue weighted by atomic mass is 10.1. The number of ether oxygens (including phenoxy) is 2. The molecule has 0 spiro atoms. The second kappa shape index (κ2) is 5.20. The van der Waals surface area contributed by atoms with Crippen molar-refractivity contribution in [1.82, 2.24) is 0 Å². The minimum absolute atomic E-state index is 0.0807. The molecule has 0 bridgehead atoms. The van der Waals surface area contributed by atoms with Gasteiger partial charge in [-0.1, -0.05) is 23.2 Å². The zero-order valence-electron chi connectivity index (χ0n) is 9.44. The van der Waals surface area contributed by atoms with Crippen LogP contribution in [0.25, 0.3) is 0 Å². The number of nitrogens with two attached hydrogens (primary N) is 1. The monoisotopic (exact) mass is 306 g/mol. The van der Waals surface area contributed by atoms with Gasteiger partial charge in [0.15, 0.2) is 11.5 Å². The molecule has 1 aromatic carbocycles. The van der Waals surface area contributed by atoms with Gasteiger partial charge >= 0.3 is 5.69 Å². The van der Waals surface area contributed by atoms with Crippen molar-refractivity contribution in [3.8, 4) is 11.5 Å². The molecule has 102 valence electrons. The van der Waals surface area contributed by atoms with Crippen molar-refractivity contribution in [2.24, 2.45) is 5.73 Å². The van der Waals surface area contributed by atoms with Crippen LogP contribution in [0.15, 0.2) is 0 Å². The van der Waals surface area contributed by atoms with Gasteiger partial charge in [0, 0.05) is 0 Å². The molecule has 1 aromatic rings. The van der Waals surface area contributed by atoms with Crippen molar-refractivity contribution in [2.45, 2.75) is 0 Å². The van der Waals surface area contributed by atoms with Crippen LogP contribution < -0.4 is 15.2 Å². The number of Topliss-reactive ketones (excluding diaryl/α,β-unsaturated/α-hetero) is 1. The molecular formula is C10H8Cl2N2O5. The number of benzene rings is 1. The molecule has 7 nitrogen and oxygen atoms in total. The van der Waals surface area contributed by atoms with E-state index in [2.05, 4.69) is 0 Å². The van der Waals surface area contributed by atoms with Crippen molar-refractivity contribution in [3.05, 3.63) is 25.7 Å². The summed E-state index contributed by atoms with van der Waals surface area (Å²) in [6, 6.07) is 0. The molecule has 0 radical (unpaired) electrons. The molecule has 0 unspecified atom stereocenters. The molecule has 0 amide bonds. The van der Waals surface area contributed by atoms with Gasteiger partial charge in [-0.3, -0.25) is 14.9 Å². The number of carbonyl (C=O) groups is 1. The number of ketones is 1. The highest BCUT2D eigenvalue weighted by atomic mass is 35.5. The molecule has 0 saturated carbocycles. The highest BCUT2D eigenvalue weighted by Gasteiger charge is 2.35. The lowest BCUT2D eigenvalue weighted by Crippen LogP contribution is -2.22. The van der Waals surface area contributed by atoms with E-state index in [1.807, 2.05) is 0 Å². The van der Waals surface area contributed by atoms with Crippen molar-refractivity contribution >= 4 is 34.7 Å². The van der Waals surface area contributed by atoms with E-state index in [0.29, 0.717) is 0 Å². The molecule has 0 atom stereocenters. The Balaban J connectivity index is 2.81. The summed E-state index contributed by atoms with van der Waals surface area (Å²) in [6.45, 7) is -0.0708. The fraction of sp³-hybridized carbons (Fsp3) is 0.300. The zero-order valence-corrected chi connectivity index (χ0v) is 11.0. The fourth-order valence-electron chi connectivity index (χ4n) is 1.71. The number of fused-ring (bicyclic) bond motifs is 1. The first-order chi connectivity index (χ1) is 8.99. The molecule has 0 saturated heterocycles. The second-order valence-corrected chi connectivity index (χ2v) is 4.35. The maximum atomic E-state index is 11.8. The predicted octanol–water partition coefficient (Wildman–Crippen LogP) is 1.81. The van der Waals surface area contributed by atoms with Crippen LogP contribution in [0.1, 0.15) is 10.4 Å². The molecule has 0 aliphatic carbocycles. The van der Waals surface area contributed by atoms with Crippen molar-refractivity contribution in [2.75, 3.05) is 19.8 Å².